The number of hydrazone groups is 1. The van der Waals surface area contributed by atoms with Crippen LogP contribution in [0, 0.1) is 16.0 Å². The summed E-state index contributed by atoms with van der Waals surface area (Å²) in [6, 6.07) is 12.9. The molecule has 0 saturated carbocycles. The van der Waals surface area contributed by atoms with Gasteiger partial charge in [0, 0.05) is 23.6 Å². The van der Waals surface area contributed by atoms with Crippen molar-refractivity contribution in [1.82, 2.24) is 5.43 Å². The smallest absolute Gasteiger partial charge is 0.269 e. The van der Waals surface area contributed by atoms with Gasteiger partial charge in [-0.15, -0.1) is 0 Å². The van der Waals surface area contributed by atoms with Crippen molar-refractivity contribution in [3.05, 3.63) is 69.3 Å². The highest BCUT2D eigenvalue weighted by Crippen LogP contribution is 2.39. The molecule has 1 aliphatic carbocycles. The van der Waals surface area contributed by atoms with Crippen molar-refractivity contribution in [2.24, 2.45) is 11.0 Å². The van der Waals surface area contributed by atoms with E-state index < -0.39 is 0 Å². The number of nitrogens with one attached hydrogen (secondary N) is 1. The lowest BCUT2D eigenvalue weighted by molar-refractivity contribution is -0.384. The van der Waals surface area contributed by atoms with Gasteiger partial charge in [0.2, 0.25) is 0 Å². The Kier molecular flexibility index (Phi) is 3.45. The van der Waals surface area contributed by atoms with Crippen LogP contribution in [0.5, 0.6) is 5.75 Å². The van der Waals surface area contributed by atoms with Gasteiger partial charge in [-0.25, -0.2) is 0 Å². The van der Waals surface area contributed by atoms with Crippen LogP contribution in [0.4, 0.5) is 5.69 Å². The Bertz CT molecular complexity index is 847. The average Bonchev–Trinajstić information content (AvgIpc) is 3.06. The Morgan fingerprint density at radius 3 is 2.96 bits per heavy atom. The second-order valence-electron chi connectivity index (χ2n) is 6.12. The molecule has 2 aromatic carbocycles. The van der Waals surface area contributed by atoms with E-state index in [1.807, 2.05) is 18.2 Å². The average molecular weight is 323 g/mol. The molecule has 0 amide bonds. The molecule has 1 heterocycles. The molecule has 6 heteroatoms. The SMILES string of the molecule is COc1ccc2c(c1)C1=NN[C@@H](c3cccc([N+](=O)[O-])c3)[C@@H]1CC2. The fourth-order valence-corrected chi connectivity index (χ4v) is 3.62. The van der Waals surface area contributed by atoms with Crippen molar-refractivity contribution >= 4 is 11.4 Å². The van der Waals surface area contributed by atoms with Crippen LogP contribution in [0.15, 0.2) is 47.6 Å². The number of hydrogen-bond donors (Lipinski definition) is 1. The normalized spacial score (nSPS) is 21.3. The summed E-state index contributed by atoms with van der Waals surface area (Å²) in [5.74, 6) is 1.03. The maximum absolute atomic E-state index is 11.0. The summed E-state index contributed by atoms with van der Waals surface area (Å²) in [5.41, 5.74) is 7.61. The number of benzene rings is 2. The molecule has 0 spiro atoms. The molecular formula is C18H17N3O3. The molecular weight excluding hydrogens is 306 g/mol. The highest BCUT2D eigenvalue weighted by Gasteiger charge is 2.37. The first-order valence-electron chi connectivity index (χ1n) is 7.92. The first-order chi connectivity index (χ1) is 11.7. The van der Waals surface area contributed by atoms with Crippen LogP contribution >= 0.6 is 0 Å². The van der Waals surface area contributed by atoms with Crippen LogP contribution in [-0.4, -0.2) is 17.7 Å². The van der Waals surface area contributed by atoms with Crippen LogP contribution in [0.1, 0.15) is 29.2 Å². The van der Waals surface area contributed by atoms with Crippen molar-refractivity contribution in [3.8, 4) is 5.75 Å². The van der Waals surface area contributed by atoms with Gasteiger partial charge in [-0.05, 0) is 36.1 Å². The number of nitrogens with zero attached hydrogens (tertiary/aromatic N) is 2. The van der Waals surface area contributed by atoms with Crippen LogP contribution in [-0.2, 0) is 6.42 Å². The Balaban J connectivity index is 1.68. The van der Waals surface area contributed by atoms with Crippen molar-refractivity contribution in [2.45, 2.75) is 18.9 Å². The minimum atomic E-state index is -0.360. The van der Waals surface area contributed by atoms with E-state index in [1.165, 1.54) is 11.6 Å². The molecule has 0 aromatic heterocycles. The first-order valence-corrected chi connectivity index (χ1v) is 7.92. The van der Waals surface area contributed by atoms with Gasteiger partial charge in [0.05, 0.1) is 23.8 Å². The van der Waals surface area contributed by atoms with Crippen LogP contribution in [0.25, 0.3) is 0 Å². The zero-order chi connectivity index (χ0) is 16.7. The number of hydrogen-bond acceptors (Lipinski definition) is 5. The molecule has 0 unspecified atom stereocenters. The largest absolute Gasteiger partial charge is 0.497 e. The Morgan fingerprint density at radius 1 is 1.29 bits per heavy atom. The molecule has 0 radical (unpaired) electrons. The van der Waals surface area contributed by atoms with E-state index in [4.69, 9.17) is 4.74 Å². The van der Waals surface area contributed by atoms with Crippen LogP contribution in [0.2, 0.25) is 0 Å². The lowest BCUT2D eigenvalue weighted by Crippen LogP contribution is -2.26. The lowest BCUT2D eigenvalue weighted by atomic mass is 9.77. The summed E-state index contributed by atoms with van der Waals surface area (Å²) in [7, 11) is 1.66. The van der Waals surface area contributed by atoms with E-state index in [2.05, 4.69) is 16.6 Å². The zero-order valence-electron chi connectivity index (χ0n) is 13.2. The van der Waals surface area contributed by atoms with Gasteiger partial charge < -0.3 is 10.2 Å². The molecule has 2 atom stereocenters. The Hall–Kier alpha value is -2.89. The first kappa shape index (κ1) is 14.7. The standard InChI is InChI=1S/C18H17N3O3/c1-24-14-7-5-11-6-8-15-17(19-20-18(15)16(11)10-14)12-3-2-4-13(9-12)21(22)23/h2-5,7,9-10,15,17,19H,6,8H2,1H3/t15-,17-/m0/s1. The maximum atomic E-state index is 11.0. The number of nitro groups is 1. The summed E-state index contributed by atoms with van der Waals surface area (Å²) >= 11 is 0. The molecule has 1 aliphatic heterocycles. The van der Waals surface area contributed by atoms with Gasteiger partial charge in [0.15, 0.2) is 0 Å². The Morgan fingerprint density at radius 2 is 2.17 bits per heavy atom. The van der Waals surface area contributed by atoms with E-state index in [-0.39, 0.29) is 22.6 Å². The summed E-state index contributed by atoms with van der Waals surface area (Å²) in [4.78, 5) is 10.7. The number of nitro benzene ring substituents is 1. The zero-order valence-corrected chi connectivity index (χ0v) is 13.2. The third-order valence-corrected chi connectivity index (χ3v) is 4.84. The van der Waals surface area contributed by atoms with Crippen molar-refractivity contribution in [3.63, 3.8) is 0 Å². The van der Waals surface area contributed by atoms with E-state index >= 15 is 0 Å². The van der Waals surface area contributed by atoms with Gasteiger partial charge in [0.25, 0.3) is 5.69 Å². The van der Waals surface area contributed by atoms with Gasteiger partial charge in [-0.1, -0.05) is 18.2 Å². The maximum Gasteiger partial charge on any atom is 0.269 e. The molecule has 2 aromatic rings. The molecule has 0 saturated heterocycles. The quantitative estimate of drug-likeness (QED) is 0.695. The summed E-state index contributed by atoms with van der Waals surface area (Å²) in [6.45, 7) is 0. The molecule has 0 bridgehead atoms. The fraction of sp³-hybridized carbons (Fsp3) is 0.278. The summed E-state index contributed by atoms with van der Waals surface area (Å²) < 4.78 is 5.33. The predicted molar refractivity (Wildman–Crippen MR) is 90.3 cm³/mol. The molecule has 24 heavy (non-hydrogen) atoms. The highest BCUT2D eigenvalue weighted by molar-refractivity contribution is 6.06. The van der Waals surface area contributed by atoms with Gasteiger partial charge in [-0.2, -0.15) is 5.10 Å². The van der Waals surface area contributed by atoms with Crippen molar-refractivity contribution < 1.29 is 9.66 Å². The van der Waals surface area contributed by atoms with E-state index in [0.29, 0.717) is 0 Å². The molecule has 1 N–H and O–H groups in total. The second-order valence-corrected chi connectivity index (χ2v) is 6.12. The molecule has 0 fully saturated rings. The van der Waals surface area contributed by atoms with Crippen molar-refractivity contribution in [2.75, 3.05) is 7.11 Å². The second kappa shape index (κ2) is 5.63. The van der Waals surface area contributed by atoms with E-state index in [1.54, 1.807) is 19.2 Å². The molecule has 6 nitrogen and oxygen atoms in total. The number of rotatable bonds is 3. The number of ether oxygens (including phenoxy) is 1. The number of aryl methyl sites for hydroxylation is 1. The Labute approximate surface area is 139 Å². The molecule has 122 valence electrons. The lowest BCUT2D eigenvalue weighted by Gasteiger charge is -2.26. The van der Waals surface area contributed by atoms with Crippen LogP contribution < -0.4 is 10.2 Å². The van der Waals surface area contributed by atoms with E-state index in [9.17, 15) is 10.1 Å². The molecule has 2 aliphatic rings. The minimum absolute atomic E-state index is 0.0285. The van der Waals surface area contributed by atoms with Gasteiger partial charge in [-0.3, -0.25) is 10.1 Å². The molecule has 4 rings (SSSR count). The predicted octanol–water partition coefficient (Wildman–Crippen LogP) is 3.21. The topological polar surface area (TPSA) is 76.8 Å². The van der Waals surface area contributed by atoms with Crippen molar-refractivity contribution in [1.29, 1.82) is 0 Å². The minimum Gasteiger partial charge on any atom is -0.497 e. The van der Waals surface area contributed by atoms with E-state index in [0.717, 1.165) is 35.4 Å². The number of methoxy groups -OCH3 is 1. The number of non-ortho nitro benzene ring substituents is 1. The summed E-state index contributed by atoms with van der Waals surface area (Å²) in [6.07, 6.45) is 1.94. The number of fused-ring (bicyclic) bond motifs is 3. The third kappa shape index (κ3) is 2.31. The van der Waals surface area contributed by atoms with Gasteiger partial charge in [0.1, 0.15) is 5.75 Å². The third-order valence-electron chi connectivity index (χ3n) is 4.84. The fourth-order valence-electron chi connectivity index (χ4n) is 3.62. The van der Waals surface area contributed by atoms with Crippen LogP contribution in [0.3, 0.4) is 0 Å². The summed E-state index contributed by atoms with van der Waals surface area (Å²) in [5, 5.41) is 15.6. The van der Waals surface area contributed by atoms with Gasteiger partial charge >= 0.3 is 0 Å². The highest BCUT2D eigenvalue weighted by atomic mass is 16.6. The monoisotopic (exact) mass is 323 g/mol.